The number of thioether (sulfide) groups is 1. The van der Waals surface area contributed by atoms with Gasteiger partial charge in [-0.2, -0.15) is 0 Å². The van der Waals surface area contributed by atoms with E-state index < -0.39 is 0 Å². The Kier molecular flexibility index (Phi) is 6.50. The van der Waals surface area contributed by atoms with Crippen LogP contribution in [-0.2, 0) is 17.1 Å². The van der Waals surface area contributed by atoms with Crippen molar-refractivity contribution in [1.82, 2.24) is 20.1 Å². The first-order valence-electron chi connectivity index (χ1n) is 11.6. The molecule has 1 aliphatic rings. The third kappa shape index (κ3) is 4.92. The first-order valence-corrected chi connectivity index (χ1v) is 12.6. The maximum Gasteiger partial charge on any atom is 0.224 e. The quantitative estimate of drug-likeness (QED) is 0.342. The summed E-state index contributed by atoms with van der Waals surface area (Å²) in [4.78, 5) is 12.8. The normalized spacial score (nSPS) is 16.9. The number of benzene rings is 3. The van der Waals surface area contributed by atoms with Gasteiger partial charge in [-0.3, -0.25) is 9.36 Å². The molecule has 5 rings (SSSR count). The Morgan fingerprint density at radius 2 is 1.71 bits per heavy atom. The predicted octanol–water partition coefficient (Wildman–Crippen LogP) is 5.60. The molecular weight excluding hydrogens is 440 g/mol. The second-order valence-corrected chi connectivity index (χ2v) is 9.80. The van der Waals surface area contributed by atoms with Gasteiger partial charge in [0.25, 0.3) is 0 Å². The highest BCUT2D eigenvalue weighted by molar-refractivity contribution is 7.98. The highest BCUT2D eigenvalue weighted by Gasteiger charge is 2.43. The molecule has 1 N–H and O–H groups in total. The minimum Gasteiger partial charge on any atom is -0.349 e. The number of nitrogens with one attached hydrogen (secondary N) is 1. The maximum atomic E-state index is 12.8. The van der Waals surface area contributed by atoms with Gasteiger partial charge in [0.05, 0.1) is 6.54 Å². The van der Waals surface area contributed by atoms with Gasteiger partial charge < -0.3 is 5.32 Å². The van der Waals surface area contributed by atoms with E-state index in [1.54, 1.807) is 11.8 Å². The maximum absolute atomic E-state index is 12.8. The van der Waals surface area contributed by atoms with E-state index in [-0.39, 0.29) is 11.8 Å². The van der Waals surface area contributed by atoms with Gasteiger partial charge in [-0.25, -0.2) is 0 Å². The summed E-state index contributed by atoms with van der Waals surface area (Å²) < 4.78 is 2.06. The average Bonchev–Trinajstić information content (AvgIpc) is 3.57. The van der Waals surface area contributed by atoms with E-state index in [1.807, 2.05) is 18.2 Å². The summed E-state index contributed by atoms with van der Waals surface area (Å²) in [6, 6.07) is 27.0. The Hall–Kier alpha value is -3.38. The summed E-state index contributed by atoms with van der Waals surface area (Å²) in [7, 11) is 0. The summed E-state index contributed by atoms with van der Waals surface area (Å²) in [5, 5.41) is 12.9. The van der Waals surface area contributed by atoms with Gasteiger partial charge in [0.1, 0.15) is 0 Å². The van der Waals surface area contributed by atoms with Crippen LogP contribution in [0.15, 0.2) is 84.0 Å². The molecule has 172 valence electrons. The molecule has 0 radical (unpaired) electrons. The Bertz CT molecular complexity index is 1280. The second-order valence-electron chi connectivity index (χ2n) is 8.86. The largest absolute Gasteiger partial charge is 0.349 e. The van der Waals surface area contributed by atoms with Crippen LogP contribution in [0.25, 0.3) is 5.69 Å². The van der Waals surface area contributed by atoms with Gasteiger partial charge in [-0.05, 0) is 55.0 Å². The molecule has 4 aromatic rings. The lowest BCUT2D eigenvalue weighted by molar-refractivity contribution is -0.122. The highest BCUT2D eigenvalue weighted by atomic mass is 32.2. The zero-order valence-corrected chi connectivity index (χ0v) is 20.3. The highest BCUT2D eigenvalue weighted by Crippen LogP contribution is 2.47. The fourth-order valence-corrected chi connectivity index (χ4v) is 5.27. The van der Waals surface area contributed by atoms with Crippen molar-refractivity contribution in [2.45, 2.75) is 43.6 Å². The molecule has 2 atom stereocenters. The molecule has 1 fully saturated rings. The summed E-state index contributed by atoms with van der Waals surface area (Å²) >= 11 is 1.66. The zero-order valence-electron chi connectivity index (χ0n) is 19.4. The molecule has 1 heterocycles. The van der Waals surface area contributed by atoms with E-state index in [4.69, 9.17) is 0 Å². The van der Waals surface area contributed by atoms with E-state index in [2.05, 4.69) is 94.6 Å². The number of aryl methyl sites for hydroxylation is 2. The third-order valence-corrected chi connectivity index (χ3v) is 7.36. The molecule has 1 amide bonds. The van der Waals surface area contributed by atoms with Crippen LogP contribution >= 0.6 is 11.8 Å². The topological polar surface area (TPSA) is 59.8 Å². The first-order chi connectivity index (χ1) is 16.6. The van der Waals surface area contributed by atoms with Crippen LogP contribution in [-0.4, -0.2) is 20.7 Å². The van der Waals surface area contributed by atoms with Crippen LogP contribution in [0.5, 0.6) is 0 Å². The number of rotatable bonds is 8. The van der Waals surface area contributed by atoms with E-state index >= 15 is 0 Å². The van der Waals surface area contributed by atoms with E-state index in [0.717, 1.165) is 28.8 Å². The van der Waals surface area contributed by atoms with Gasteiger partial charge >= 0.3 is 0 Å². The number of hydrogen-bond donors (Lipinski definition) is 1. The lowest BCUT2D eigenvalue weighted by Gasteiger charge is -2.12. The summed E-state index contributed by atoms with van der Waals surface area (Å²) in [6.45, 7) is 4.55. The SMILES string of the molecule is Cc1ccc(-n2c(CNC(=O)C3CC3c3ccccc3)nnc2SCc2ccccc2C)cc1. The third-order valence-electron chi connectivity index (χ3n) is 6.39. The van der Waals surface area contributed by atoms with E-state index in [0.29, 0.717) is 12.5 Å². The van der Waals surface area contributed by atoms with Crippen molar-refractivity contribution >= 4 is 17.7 Å². The summed E-state index contributed by atoms with van der Waals surface area (Å²) in [5.74, 6) is 1.98. The smallest absolute Gasteiger partial charge is 0.224 e. The number of nitrogens with zero attached hydrogens (tertiary/aromatic N) is 3. The molecule has 0 spiro atoms. The van der Waals surface area contributed by atoms with Crippen LogP contribution in [0.1, 0.15) is 40.4 Å². The monoisotopic (exact) mass is 468 g/mol. The lowest BCUT2D eigenvalue weighted by atomic mass is 10.1. The minimum atomic E-state index is 0.0352. The predicted molar refractivity (Wildman–Crippen MR) is 136 cm³/mol. The molecule has 2 unspecified atom stereocenters. The van der Waals surface area contributed by atoms with Gasteiger partial charge in [0.15, 0.2) is 11.0 Å². The fourth-order valence-electron chi connectivity index (χ4n) is 4.23. The first kappa shape index (κ1) is 22.4. The zero-order chi connectivity index (χ0) is 23.5. The van der Waals surface area contributed by atoms with Crippen molar-refractivity contribution in [2.24, 2.45) is 5.92 Å². The van der Waals surface area contributed by atoms with E-state index in [9.17, 15) is 4.79 Å². The van der Waals surface area contributed by atoms with Crippen molar-refractivity contribution in [3.8, 4) is 5.69 Å². The molecule has 1 saturated carbocycles. The van der Waals surface area contributed by atoms with Crippen molar-refractivity contribution in [3.63, 3.8) is 0 Å². The molecule has 0 bridgehead atoms. The molecule has 0 aliphatic heterocycles. The molecule has 34 heavy (non-hydrogen) atoms. The van der Waals surface area contributed by atoms with Crippen LogP contribution in [0.4, 0.5) is 0 Å². The molecule has 0 saturated heterocycles. The molecule has 6 heteroatoms. The number of carbonyl (C=O) groups is 1. The van der Waals surface area contributed by atoms with Crippen LogP contribution in [0.3, 0.4) is 0 Å². The van der Waals surface area contributed by atoms with E-state index in [1.165, 1.54) is 22.3 Å². The lowest BCUT2D eigenvalue weighted by Crippen LogP contribution is -2.26. The summed E-state index contributed by atoms with van der Waals surface area (Å²) in [5.41, 5.74) is 5.98. The molecule has 1 aliphatic carbocycles. The molecule has 1 aromatic heterocycles. The Labute approximate surface area is 204 Å². The van der Waals surface area contributed by atoms with Crippen molar-refractivity contribution in [1.29, 1.82) is 0 Å². The molecule has 3 aromatic carbocycles. The van der Waals surface area contributed by atoms with Gasteiger partial charge in [0, 0.05) is 17.4 Å². The average molecular weight is 469 g/mol. The van der Waals surface area contributed by atoms with Crippen molar-refractivity contribution in [2.75, 3.05) is 0 Å². The Morgan fingerprint density at radius 1 is 0.971 bits per heavy atom. The number of hydrogen-bond acceptors (Lipinski definition) is 4. The standard InChI is InChI=1S/C28H28N4OS/c1-19-12-14-23(15-13-19)32-26(30-31-28(32)34-18-22-11-7-6-8-20(22)2)17-29-27(33)25-16-24(25)21-9-4-3-5-10-21/h3-15,24-25H,16-18H2,1-2H3,(H,29,33). The Balaban J connectivity index is 1.32. The molecule has 5 nitrogen and oxygen atoms in total. The van der Waals surface area contributed by atoms with Crippen LogP contribution < -0.4 is 5.32 Å². The number of carbonyl (C=O) groups excluding carboxylic acids is 1. The fraction of sp³-hybridized carbons (Fsp3) is 0.250. The minimum absolute atomic E-state index is 0.0352. The van der Waals surface area contributed by atoms with Crippen molar-refractivity contribution in [3.05, 3.63) is 107 Å². The van der Waals surface area contributed by atoms with Gasteiger partial charge in [-0.15, -0.1) is 10.2 Å². The van der Waals surface area contributed by atoms with Crippen molar-refractivity contribution < 1.29 is 4.79 Å². The van der Waals surface area contributed by atoms with Gasteiger partial charge in [-0.1, -0.05) is 84.1 Å². The van der Waals surface area contributed by atoms with Crippen LogP contribution in [0.2, 0.25) is 0 Å². The summed E-state index contributed by atoms with van der Waals surface area (Å²) in [6.07, 6.45) is 0.901. The van der Waals surface area contributed by atoms with Crippen LogP contribution in [0, 0.1) is 19.8 Å². The molecular formula is C28H28N4OS. The second kappa shape index (κ2) is 9.85. The number of aromatic nitrogens is 3. The Morgan fingerprint density at radius 3 is 2.47 bits per heavy atom. The number of amides is 1. The van der Waals surface area contributed by atoms with Gasteiger partial charge in [0.2, 0.25) is 5.91 Å².